The summed E-state index contributed by atoms with van der Waals surface area (Å²) >= 11 is 0. The number of fused-ring (bicyclic) bond motifs is 1. The Kier molecular flexibility index (Phi) is 4.92. The molecule has 0 atom stereocenters. The highest BCUT2D eigenvalue weighted by atomic mass is 35.5. The van der Waals surface area contributed by atoms with Gasteiger partial charge in [0.15, 0.2) is 0 Å². The molecule has 3 rings (SSSR count). The normalized spacial score (nSPS) is 16.6. The van der Waals surface area contributed by atoms with Crippen LogP contribution in [0.25, 0.3) is 0 Å². The van der Waals surface area contributed by atoms with Crippen LogP contribution < -0.4 is 5.32 Å². The number of halogens is 1. The monoisotopic (exact) mass is 294 g/mol. The van der Waals surface area contributed by atoms with Gasteiger partial charge in [0.05, 0.1) is 0 Å². The number of nitrogens with zero attached hydrogens (tertiary/aromatic N) is 1. The molecule has 1 aromatic carbocycles. The van der Waals surface area contributed by atoms with Crippen molar-refractivity contribution in [1.29, 1.82) is 0 Å². The summed E-state index contributed by atoms with van der Waals surface area (Å²) in [5, 5.41) is 3.40. The molecule has 0 spiro atoms. The van der Waals surface area contributed by atoms with Crippen molar-refractivity contribution in [2.75, 3.05) is 18.4 Å². The van der Waals surface area contributed by atoms with Crippen LogP contribution in [-0.4, -0.2) is 29.9 Å². The average Bonchev–Trinajstić information content (AvgIpc) is 3.28. The minimum Gasteiger partial charge on any atom is -0.385 e. The Morgan fingerprint density at radius 3 is 2.90 bits per heavy atom. The van der Waals surface area contributed by atoms with Crippen LogP contribution >= 0.6 is 12.4 Å². The third-order valence-corrected chi connectivity index (χ3v) is 4.04. The van der Waals surface area contributed by atoms with Crippen LogP contribution in [-0.2, 0) is 6.42 Å². The van der Waals surface area contributed by atoms with Crippen molar-refractivity contribution < 1.29 is 4.79 Å². The van der Waals surface area contributed by atoms with E-state index in [2.05, 4.69) is 23.2 Å². The SMILES string of the molecule is CCCN(C(=O)c1cccc2c1CCCN2)C1CC1.Cl. The summed E-state index contributed by atoms with van der Waals surface area (Å²) in [4.78, 5) is 14.9. The minimum atomic E-state index is 0. The number of carbonyl (C=O) groups excluding carboxylic acids is 1. The van der Waals surface area contributed by atoms with Crippen molar-refractivity contribution >= 4 is 24.0 Å². The van der Waals surface area contributed by atoms with E-state index in [9.17, 15) is 4.79 Å². The smallest absolute Gasteiger partial charge is 0.254 e. The lowest BCUT2D eigenvalue weighted by atomic mass is 9.96. The zero-order chi connectivity index (χ0) is 13.2. The van der Waals surface area contributed by atoms with Gasteiger partial charge in [-0.1, -0.05) is 13.0 Å². The summed E-state index contributed by atoms with van der Waals surface area (Å²) in [7, 11) is 0. The van der Waals surface area contributed by atoms with Gasteiger partial charge in [-0.15, -0.1) is 12.4 Å². The van der Waals surface area contributed by atoms with E-state index in [4.69, 9.17) is 0 Å². The van der Waals surface area contributed by atoms with E-state index in [1.165, 1.54) is 18.4 Å². The fraction of sp³-hybridized carbons (Fsp3) is 0.562. The van der Waals surface area contributed by atoms with Crippen molar-refractivity contribution in [2.24, 2.45) is 0 Å². The molecule has 2 aliphatic rings. The topological polar surface area (TPSA) is 32.3 Å². The van der Waals surface area contributed by atoms with Crippen LogP contribution in [0.2, 0.25) is 0 Å². The first-order valence-corrected chi connectivity index (χ1v) is 7.48. The maximum absolute atomic E-state index is 12.8. The molecule has 3 nitrogen and oxygen atoms in total. The number of anilines is 1. The molecule has 1 aliphatic carbocycles. The molecular formula is C16H23ClN2O. The molecule has 1 fully saturated rings. The molecule has 1 amide bonds. The third-order valence-electron chi connectivity index (χ3n) is 4.04. The van der Waals surface area contributed by atoms with Gasteiger partial charge in [0.1, 0.15) is 0 Å². The van der Waals surface area contributed by atoms with E-state index in [0.717, 1.165) is 43.6 Å². The fourth-order valence-electron chi connectivity index (χ4n) is 2.94. The Labute approximate surface area is 127 Å². The van der Waals surface area contributed by atoms with Crippen LogP contribution in [0.1, 0.15) is 48.5 Å². The van der Waals surface area contributed by atoms with E-state index < -0.39 is 0 Å². The Balaban J connectivity index is 0.00000147. The number of amides is 1. The first kappa shape index (κ1) is 15.2. The van der Waals surface area contributed by atoms with Gasteiger partial charge >= 0.3 is 0 Å². The largest absolute Gasteiger partial charge is 0.385 e. The predicted octanol–water partition coefficient (Wildman–Crippen LogP) is 3.48. The lowest BCUT2D eigenvalue weighted by molar-refractivity contribution is 0.0742. The molecule has 1 aliphatic heterocycles. The average molecular weight is 295 g/mol. The lowest BCUT2D eigenvalue weighted by Gasteiger charge is -2.26. The Hall–Kier alpha value is -1.22. The molecule has 0 radical (unpaired) electrons. The van der Waals surface area contributed by atoms with Gasteiger partial charge in [0.25, 0.3) is 5.91 Å². The third kappa shape index (κ3) is 2.93. The summed E-state index contributed by atoms with van der Waals surface area (Å²) in [5.41, 5.74) is 3.30. The van der Waals surface area contributed by atoms with Crippen LogP contribution in [0.3, 0.4) is 0 Å². The highest BCUT2D eigenvalue weighted by Crippen LogP contribution is 2.31. The zero-order valence-corrected chi connectivity index (χ0v) is 12.8. The molecular weight excluding hydrogens is 272 g/mol. The van der Waals surface area contributed by atoms with Crippen molar-refractivity contribution in [1.82, 2.24) is 4.90 Å². The molecule has 1 heterocycles. The van der Waals surface area contributed by atoms with Gasteiger partial charge < -0.3 is 10.2 Å². The van der Waals surface area contributed by atoms with Crippen LogP contribution in [0, 0.1) is 0 Å². The summed E-state index contributed by atoms with van der Waals surface area (Å²) in [6, 6.07) is 6.59. The quantitative estimate of drug-likeness (QED) is 0.922. The van der Waals surface area contributed by atoms with Gasteiger partial charge in [-0.05, 0) is 49.8 Å². The maximum atomic E-state index is 12.8. The number of hydrogen-bond acceptors (Lipinski definition) is 2. The first-order valence-electron chi connectivity index (χ1n) is 7.48. The van der Waals surface area contributed by atoms with E-state index in [0.29, 0.717) is 6.04 Å². The van der Waals surface area contributed by atoms with Crippen LogP contribution in [0.4, 0.5) is 5.69 Å². The van der Waals surface area contributed by atoms with E-state index >= 15 is 0 Å². The second-order valence-corrected chi connectivity index (χ2v) is 5.59. The van der Waals surface area contributed by atoms with E-state index in [1.807, 2.05) is 12.1 Å². The van der Waals surface area contributed by atoms with Crippen LogP contribution in [0.15, 0.2) is 18.2 Å². The number of hydrogen-bond donors (Lipinski definition) is 1. The summed E-state index contributed by atoms with van der Waals surface area (Å²) in [6.45, 7) is 4.05. The zero-order valence-electron chi connectivity index (χ0n) is 12.0. The lowest BCUT2D eigenvalue weighted by Crippen LogP contribution is -2.34. The fourth-order valence-corrected chi connectivity index (χ4v) is 2.94. The summed E-state index contributed by atoms with van der Waals surface area (Å²) < 4.78 is 0. The van der Waals surface area contributed by atoms with Crippen LogP contribution in [0.5, 0.6) is 0 Å². The first-order chi connectivity index (χ1) is 9.31. The van der Waals surface area contributed by atoms with Crippen molar-refractivity contribution in [3.8, 4) is 0 Å². The second kappa shape index (κ2) is 6.49. The molecule has 4 heteroatoms. The van der Waals surface area contributed by atoms with Gasteiger partial charge in [0.2, 0.25) is 0 Å². The minimum absolute atomic E-state index is 0. The van der Waals surface area contributed by atoms with Crippen molar-refractivity contribution in [3.05, 3.63) is 29.3 Å². The molecule has 0 unspecified atom stereocenters. The summed E-state index contributed by atoms with van der Waals surface area (Å²) in [5.74, 6) is 0.241. The highest BCUT2D eigenvalue weighted by molar-refractivity contribution is 5.97. The molecule has 0 bridgehead atoms. The molecule has 0 saturated heterocycles. The highest BCUT2D eigenvalue weighted by Gasteiger charge is 2.33. The molecule has 1 saturated carbocycles. The predicted molar refractivity (Wildman–Crippen MR) is 84.9 cm³/mol. The maximum Gasteiger partial charge on any atom is 0.254 e. The summed E-state index contributed by atoms with van der Waals surface area (Å²) in [6.07, 6.45) is 5.54. The number of carbonyl (C=O) groups is 1. The number of rotatable bonds is 4. The van der Waals surface area contributed by atoms with Gasteiger partial charge in [0, 0.05) is 30.4 Å². The van der Waals surface area contributed by atoms with Gasteiger partial charge in [-0.3, -0.25) is 4.79 Å². The van der Waals surface area contributed by atoms with Gasteiger partial charge in [-0.25, -0.2) is 0 Å². The molecule has 1 aromatic rings. The standard InChI is InChI=1S/C16H22N2O.ClH/c1-2-11-18(12-8-9-12)16(19)14-5-3-7-15-13(14)6-4-10-17-15;/h3,5,7,12,17H,2,4,6,8-11H2,1H3;1H. The molecule has 20 heavy (non-hydrogen) atoms. The molecule has 1 N–H and O–H groups in total. The molecule has 0 aromatic heterocycles. The van der Waals surface area contributed by atoms with E-state index in [1.54, 1.807) is 0 Å². The van der Waals surface area contributed by atoms with E-state index in [-0.39, 0.29) is 18.3 Å². The number of benzene rings is 1. The Morgan fingerprint density at radius 1 is 1.40 bits per heavy atom. The van der Waals surface area contributed by atoms with Crippen molar-refractivity contribution in [2.45, 2.75) is 45.1 Å². The molecule has 110 valence electrons. The Bertz CT molecular complexity index is 485. The number of nitrogens with one attached hydrogen (secondary N) is 1. The second-order valence-electron chi connectivity index (χ2n) is 5.59. The van der Waals surface area contributed by atoms with Crippen molar-refractivity contribution in [3.63, 3.8) is 0 Å². The van der Waals surface area contributed by atoms with Gasteiger partial charge in [-0.2, -0.15) is 0 Å². The Morgan fingerprint density at radius 2 is 2.20 bits per heavy atom.